The first-order chi connectivity index (χ1) is 17.7. The molecule has 196 valence electrons. The van der Waals surface area contributed by atoms with Crippen LogP contribution in [0.4, 0.5) is 13.2 Å². The number of aliphatic carboxylic acids is 1. The number of ether oxygens (including phenoxy) is 1. The van der Waals surface area contributed by atoms with Gasteiger partial charge in [0.25, 0.3) is 5.91 Å². The number of carbonyl (C=O) groups excluding carboxylic acids is 1. The van der Waals surface area contributed by atoms with Gasteiger partial charge in [0.2, 0.25) is 0 Å². The summed E-state index contributed by atoms with van der Waals surface area (Å²) in [6.45, 7) is 0.650. The van der Waals surface area contributed by atoms with Crippen LogP contribution in [-0.4, -0.2) is 35.1 Å². The number of pyridine rings is 1. The number of rotatable bonds is 13. The molecule has 0 aliphatic heterocycles. The third-order valence-electron chi connectivity index (χ3n) is 5.71. The molecule has 6 nitrogen and oxygen atoms in total. The molecule has 2 aromatic carbocycles. The molecule has 0 bridgehead atoms. The van der Waals surface area contributed by atoms with Gasteiger partial charge < -0.3 is 15.2 Å². The van der Waals surface area contributed by atoms with E-state index >= 15 is 0 Å². The Balaban J connectivity index is 1.30. The Morgan fingerprint density at radius 3 is 2.22 bits per heavy atom. The van der Waals surface area contributed by atoms with Crippen molar-refractivity contribution in [3.05, 3.63) is 83.6 Å². The number of hydrogen-bond donors (Lipinski definition) is 2. The molecule has 0 atom stereocenters. The maximum atomic E-state index is 12.7. The van der Waals surface area contributed by atoms with Crippen molar-refractivity contribution in [3.8, 4) is 17.0 Å². The smallest absolute Gasteiger partial charge is 0.416 e. The minimum Gasteiger partial charge on any atom is -0.492 e. The number of benzene rings is 2. The molecule has 0 fully saturated rings. The zero-order valence-corrected chi connectivity index (χ0v) is 20.3. The molecular weight excluding hydrogens is 485 g/mol. The van der Waals surface area contributed by atoms with E-state index in [0.29, 0.717) is 29.2 Å². The first kappa shape index (κ1) is 27.7. The van der Waals surface area contributed by atoms with Crippen molar-refractivity contribution in [1.82, 2.24) is 10.3 Å². The topological polar surface area (TPSA) is 88.5 Å². The van der Waals surface area contributed by atoms with E-state index in [2.05, 4.69) is 10.3 Å². The number of aromatic nitrogens is 1. The summed E-state index contributed by atoms with van der Waals surface area (Å²) in [6.07, 6.45) is 1.93. The Labute approximate surface area is 213 Å². The Kier molecular flexibility index (Phi) is 10.1. The molecule has 37 heavy (non-hydrogen) atoms. The van der Waals surface area contributed by atoms with E-state index in [4.69, 9.17) is 9.84 Å². The minimum atomic E-state index is -4.36. The molecule has 0 saturated heterocycles. The van der Waals surface area contributed by atoms with E-state index in [9.17, 15) is 22.8 Å². The normalized spacial score (nSPS) is 11.2. The van der Waals surface area contributed by atoms with Gasteiger partial charge in [0.05, 0.1) is 30.5 Å². The highest BCUT2D eigenvalue weighted by Crippen LogP contribution is 2.30. The molecule has 0 unspecified atom stereocenters. The van der Waals surface area contributed by atoms with Crippen LogP contribution in [0.2, 0.25) is 0 Å². The molecular formula is C28H29F3N2O4. The molecule has 0 aliphatic rings. The second-order valence-electron chi connectivity index (χ2n) is 8.56. The van der Waals surface area contributed by atoms with E-state index in [1.54, 1.807) is 30.5 Å². The van der Waals surface area contributed by atoms with Crippen LogP contribution in [0.25, 0.3) is 11.3 Å². The molecule has 0 aliphatic carbocycles. The fourth-order valence-electron chi connectivity index (χ4n) is 3.65. The fourth-order valence-corrected chi connectivity index (χ4v) is 3.65. The van der Waals surface area contributed by atoms with Crippen molar-refractivity contribution in [3.63, 3.8) is 0 Å². The lowest BCUT2D eigenvalue weighted by molar-refractivity contribution is -0.138. The minimum absolute atomic E-state index is 0.101. The van der Waals surface area contributed by atoms with Crippen molar-refractivity contribution < 1.29 is 32.6 Å². The number of unbranched alkanes of at least 4 members (excludes halogenated alkanes) is 3. The van der Waals surface area contributed by atoms with Crippen LogP contribution in [0, 0.1) is 0 Å². The number of halogens is 3. The van der Waals surface area contributed by atoms with Gasteiger partial charge in [-0.15, -0.1) is 0 Å². The van der Waals surface area contributed by atoms with E-state index in [1.807, 2.05) is 12.1 Å². The van der Waals surface area contributed by atoms with Crippen molar-refractivity contribution in [2.24, 2.45) is 0 Å². The highest BCUT2D eigenvalue weighted by molar-refractivity contribution is 5.94. The van der Waals surface area contributed by atoms with Crippen LogP contribution < -0.4 is 10.1 Å². The summed E-state index contributed by atoms with van der Waals surface area (Å²) < 4.78 is 43.8. The summed E-state index contributed by atoms with van der Waals surface area (Å²) in [5.41, 5.74) is 2.14. The second kappa shape index (κ2) is 13.4. The first-order valence-corrected chi connectivity index (χ1v) is 12.1. The third kappa shape index (κ3) is 9.25. The quantitative estimate of drug-likeness (QED) is 0.267. The molecule has 3 rings (SSSR count). The standard InChI is InChI=1S/C28H29F3N2O4/c29-28(30,31)23-12-10-21(11-13-23)25-15-14-24(19-33-25)37-18-4-2-1-3-5-20-6-8-22(9-7-20)27(36)32-17-16-26(34)35/h6-15,19H,1-5,16-18H2,(H,32,36)(H,34,35). The van der Waals surface area contributed by atoms with E-state index in [1.165, 1.54) is 12.1 Å². The summed E-state index contributed by atoms with van der Waals surface area (Å²) >= 11 is 0. The van der Waals surface area contributed by atoms with Gasteiger partial charge in [0.1, 0.15) is 5.75 Å². The summed E-state index contributed by atoms with van der Waals surface area (Å²) in [7, 11) is 0. The van der Waals surface area contributed by atoms with Gasteiger partial charge in [0.15, 0.2) is 0 Å². The molecule has 0 saturated carbocycles. The lowest BCUT2D eigenvalue weighted by atomic mass is 10.0. The average molecular weight is 515 g/mol. The number of nitrogens with one attached hydrogen (secondary N) is 1. The highest BCUT2D eigenvalue weighted by atomic mass is 19.4. The largest absolute Gasteiger partial charge is 0.492 e. The molecule has 1 heterocycles. The number of amides is 1. The Hall–Kier alpha value is -3.88. The summed E-state index contributed by atoms with van der Waals surface area (Å²) in [5, 5.41) is 11.2. The van der Waals surface area contributed by atoms with Crippen molar-refractivity contribution in [2.45, 2.75) is 44.7 Å². The van der Waals surface area contributed by atoms with Crippen molar-refractivity contribution in [1.29, 1.82) is 0 Å². The van der Waals surface area contributed by atoms with Crippen LogP contribution in [0.15, 0.2) is 66.9 Å². The number of alkyl halides is 3. The predicted molar refractivity (Wildman–Crippen MR) is 133 cm³/mol. The zero-order chi connectivity index (χ0) is 26.7. The van der Waals surface area contributed by atoms with Gasteiger partial charge >= 0.3 is 12.1 Å². The van der Waals surface area contributed by atoms with Gasteiger partial charge in [-0.05, 0) is 61.2 Å². The SMILES string of the molecule is O=C(O)CCNC(=O)c1ccc(CCCCCCOc2ccc(-c3ccc(C(F)(F)F)cc3)nc2)cc1. The molecule has 9 heteroatoms. The number of aryl methyl sites for hydroxylation is 1. The van der Waals surface area contributed by atoms with E-state index in [0.717, 1.165) is 49.8 Å². The van der Waals surface area contributed by atoms with Gasteiger partial charge in [-0.3, -0.25) is 14.6 Å². The lowest BCUT2D eigenvalue weighted by Gasteiger charge is -2.09. The monoisotopic (exact) mass is 514 g/mol. The van der Waals surface area contributed by atoms with E-state index in [-0.39, 0.29) is 18.9 Å². The van der Waals surface area contributed by atoms with Crippen molar-refractivity contribution in [2.75, 3.05) is 13.2 Å². The molecule has 0 spiro atoms. The molecule has 1 aromatic heterocycles. The first-order valence-electron chi connectivity index (χ1n) is 12.1. The van der Waals surface area contributed by atoms with Gasteiger partial charge in [-0.1, -0.05) is 37.1 Å². The van der Waals surface area contributed by atoms with Crippen LogP contribution in [0.1, 0.15) is 53.6 Å². The Bertz CT molecular complexity index is 1150. The molecule has 0 radical (unpaired) electrons. The van der Waals surface area contributed by atoms with Gasteiger partial charge in [-0.2, -0.15) is 13.2 Å². The van der Waals surface area contributed by atoms with Crippen molar-refractivity contribution >= 4 is 11.9 Å². The number of carboxylic acids is 1. The number of nitrogens with zero attached hydrogens (tertiary/aromatic N) is 1. The Morgan fingerprint density at radius 2 is 1.59 bits per heavy atom. The predicted octanol–water partition coefficient (Wildman–Crippen LogP) is 6.15. The van der Waals surface area contributed by atoms with Crippen LogP contribution in [-0.2, 0) is 17.4 Å². The average Bonchev–Trinajstić information content (AvgIpc) is 2.88. The zero-order valence-electron chi connectivity index (χ0n) is 20.3. The van der Waals surface area contributed by atoms with Crippen LogP contribution in [0.3, 0.4) is 0 Å². The third-order valence-corrected chi connectivity index (χ3v) is 5.71. The van der Waals surface area contributed by atoms with Crippen LogP contribution >= 0.6 is 0 Å². The number of carboxylic acid groups (broad SMARTS) is 1. The van der Waals surface area contributed by atoms with E-state index < -0.39 is 17.7 Å². The maximum Gasteiger partial charge on any atom is 0.416 e. The fraction of sp³-hybridized carbons (Fsp3) is 0.321. The molecule has 3 aromatic rings. The molecule has 2 N–H and O–H groups in total. The van der Waals surface area contributed by atoms with Crippen LogP contribution in [0.5, 0.6) is 5.75 Å². The van der Waals surface area contributed by atoms with Gasteiger partial charge in [-0.25, -0.2) is 0 Å². The maximum absolute atomic E-state index is 12.7. The summed E-state index contributed by atoms with van der Waals surface area (Å²) in [6, 6.07) is 15.7. The number of hydrogen-bond acceptors (Lipinski definition) is 4. The Morgan fingerprint density at radius 1 is 0.892 bits per heavy atom. The lowest BCUT2D eigenvalue weighted by Crippen LogP contribution is -2.25. The second-order valence-corrected chi connectivity index (χ2v) is 8.56. The van der Waals surface area contributed by atoms with Gasteiger partial charge in [0, 0.05) is 17.7 Å². The highest BCUT2D eigenvalue weighted by Gasteiger charge is 2.30. The molecule has 1 amide bonds. The number of carbonyl (C=O) groups is 2. The summed E-state index contributed by atoms with van der Waals surface area (Å²) in [5.74, 6) is -0.618. The summed E-state index contributed by atoms with van der Waals surface area (Å²) in [4.78, 5) is 26.8.